The zero-order chi connectivity index (χ0) is 16.6. The van der Waals surface area contributed by atoms with Gasteiger partial charge in [-0.25, -0.2) is 0 Å². The minimum atomic E-state index is -0.0548. The van der Waals surface area contributed by atoms with E-state index in [-0.39, 0.29) is 10.8 Å². The van der Waals surface area contributed by atoms with E-state index >= 15 is 0 Å². The molecule has 0 heterocycles. The third-order valence-electron chi connectivity index (χ3n) is 8.57. The molecule has 2 heteroatoms. The molecule has 0 spiro atoms. The molecule has 2 unspecified atom stereocenters. The second-order valence-corrected chi connectivity index (χ2v) is 9.41. The molecule has 0 aromatic rings. The lowest BCUT2D eigenvalue weighted by molar-refractivity contribution is -0.136. The van der Waals surface area contributed by atoms with Crippen LogP contribution in [0.3, 0.4) is 0 Å². The van der Waals surface area contributed by atoms with E-state index in [1.165, 1.54) is 12.0 Å². The summed E-state index contributed by atoms with van der Waals surface area (Å²) in [5.41, 5.74) is 1.54. The van der Waals surface area contributed by atoms with Gasteiger partial charge in [0.05, 0.1) is 0 Å². The Labute approximate surface area is 140 Å². The van der Waals surface area contributed by atoms with Crippen LogP contribution in [-0.2, 0) is 9.59 Å². The average molecular weight is 314 g/mol. The van der Waals surface area contributed by atoms with Crippen molar-refractivity contribution in [3.63, 3.8) is 0 Å². The Kier molecular flexibility index (Phi) is 3.26. The fraction of sp³-hybridized carbons (Fsp3) is 0.810. The summed E-state index contributed by atoms with van der Waals surface area (Å²) >= 11 is 0. The van der Waals surface area contributed by atoms with E-state index in [0.717, 1.165) is 25.7 Å². The van der Waals surface area contributed by atoms with Gasteiger partial charge in [0.25, 0.3) is 0 Å². The topological polar surface area (TPSA) is 34.1 Å². The summed E-state index contributed by atoms with van der Waals surface area (Å²) < 4.78 is 0. The molecule has 7 atom stereocenters. The highest BCUT2D eigenvalue weighted by Gasteiger charge is 2.61. The van der Waals surface area contributed by atoms with Crippen molar-refractivity contribution in [3.05, 3.63) is 11.6 Å². The van der Waals surface area contributed by atoms with Gasteiger partial charge in [-0.3, -0.25) is 9.59 Å². The van der Waals surface area contributed by atoms with Crippen LogP contribution in [0.5, 0.6) is 0 Å². The quantitative estimate of drug-likeness (QED) is 0.656. The monoisotopic (exact) mass is 314 g/mol. The van der Waals surface area contributed by atoms with Crippen molar-refractivity contribution in [3.8, 4) is 0 Å². The molecule has 4 rings (SSSR count). The van der Waals surface area contributed by atoms with Crippen LogP contribution >= 0.6 is 0 Å². The van der Waals surface area contributed by atoms with Gasteiger partial charge in [0, 0.05) is 18.3 Å². The van der Waals surface area contributed by atoms with Crippen LogP contribution in [0, 0.1) is 40.4 Å². The fourth-order valence-electron chi connectivity index (χ4n) is 7.06. The summed E-state index contributed by atoms with van der Waals surface area (Å²) in [5.74, 6) is 3.79. The van der Waals surface area contributed by atoms with Crippen LogP contribution in [0.25, 0.3) is 0 Å². The highest BCUT2D eigenvalue weighted by Crippen LogP contribution is 2.66. The molecule has 0 saturated heterocycles. The minimum absolute atomic E-state index is 0.0548. The minimum Gasteiger partial charge on any atom is -0.299 e. The van der Waals surface area contributed by atoms with Crippen LogP contribution in [-0.4, -0.2) is 11.6 Å². The number of ketones is 2. The maximum absolute atomic E-state index is 12.5. The molecule has 0 aliphatic heterocycles. The number of hydrogen-bond donors (Lipinski definition) is 0. The van der Waals surface area contributed by atoms with Crippen molar-refractivity contribution < 1.29 is 9.59 Å². The second-order valence-electron chi connectivity index (χ2n) is 9.41. The second kappa shape index (κ2) is 4.80. The third kappa shape index (κ3) is 1.87. The SMILES string of the molecule is CC1CC2=CC(=O)CC(C)[C@]2(C)[C@@H]2CC[C@]3(C)C(=O)CC[C@H]3[C@H]12. The third-order valence-corrected chi connectivity index (χ3v) is 8.57. The molecule has 0 N–H and O–H groups in total. The maximum atomic E-state index is 12.5. The number of allylic oxidation sites excluding steroid dienone is 1. The van der Waals surface area contributed by atoms with E-state index in [2.05, 4.69) is 27.7 Å². The zero-order valence-corrected chi connectivity index (χ0v) is 15.0. The van der Waals surface area contributed by atoms with Gasteiger partial charge in [-0.2, -0.15) is 0 Å². The predicted molar refractivity (Wildman–Crippen MR) is 90.8 cm³/mol. The summed E-state index contributed by atoms with van der Waals surface area (Å²) in [4.78, 5) is 24.6. The molecule has 0 radical (unpaired) electrons. The van der Waals surface area contributed by atoms with E-state index in [9.17, 15) is 9.59 Å². The zero-order valence-electron chi connectivity index (χ0n) is 15.0. The molecule has 0 bridgehead atoms. The van der Waals surface area contributed by atoms with Gasteiger partial charge in [0.15, 0.2) is 5.78 Å². The first-order valence-corrected chi connectivity index (χ1v) is 9.55. The molecule has 0 aromatic carbocycles. The first-order valence-electron chi connectivity index (χ1n) is 9.55. The Morgan fingerprint density at radius 3 is 2.52 bits per heavy atom. The maximum Gasteiger partial charge on any atom is 0.155 e. The van der Waals surface area contributed by atoms with Crippen molar-refractivity contribution in [2.24, 2.45) is 40.4 Å². The largest absolute Gasteiger partial charge is 0.299 e. The first kappa shape index (κ1) is 15.6. The summed E-state index contributed by atoms with van der Waals surface area (Å²) in [5, 5.41) is 0. The molecule has 0 aromatic heterocycles. The lowest BCUT2D eigenvalue weighted by Crippen LogP contribution is -2.55. The summed E-state index contributed by atoms with van der Waals surface area (Å²) in [6.07, 6.45) is 7.88. The molecule has 0 amide bonds. The Hall–Kier alpha value is -0.920. The van der Waals surface area contributed by atoms with Gasteiger partial charge in [-0.05, 0) is 66.8 Å². The number of hydrogen-bond acceptors (Lipinski definition) is 2. The van der Waals surface area contributed by atoms with Crippen molar-refractivity contribution in [1.82, 2.24) is 0 Å². The van der Waals surface area contributed by atoms with Crippen molar-refractivity contribution in [1.29, 1.82) is 0 Å². The summed E-state index contributed by atoms with van der Waals surface area (Å²) in [7, 11) is 0. The van der Waals surface area contributed by atoms with Crippen molar-refractivity contribution in [2.75, 3.05) is 0 Å². The van der Waals surface area contributed by atoms with Crippen LogP contribution in [0.15, 0.2) is 11.6 Å². The van der Waals surface area contributed by atoms with Crippen LogP contribution in [0.2, 0.25) is 0 Å². The van der Waals surface area contributed by atoms with E-state index in [1.807, 2.05) is 6.08 Å². The van der Waals surface area contributed by atoms with Crippen molar-refractivity contribution >= 4 is 11.6 Å². The highest BCUT2D eigenvalue weighted by atomic mass is 16.1. The van der Waals surface area contributed by atoms with E-state index in [4.69, 9.17) is 0 Å². The Balaban J connectivity index is 1.78. The standard InChI is InChI=1S/C21H30O2/c1-12-9-14-11-15(22)10-13(2)21(14,4)17-7-8-20(3)16(19(12)17)5-6-18(20)23/h11-13,16-17,19H,5-10H2,1-4H3/t12?,13?,16-,17+,19-,20-,21-/m0/s1. The van der Waals surface area contributed by atoms with E-state index in [1.54, 1.807) is 0 Å². The Morgan fingerprint density at radius 1 is 1.04 bits per heavy atom. The number of Topliss-reactive ketones (excluding diaryl/α,β-unsaturated/α-hetero) is 1. The van der Waals surface area contributed by atoms with Crippen LogP contribution < -0.4 is 0 Å². The van der Waals surface area contributed by atoms with Gasteiger partial charge in [0.2, 0.25) is 0 Å². The smallest absolute Gasteiger partial charge is 0.155 e. The van der Waals surface area contributed by atoms with Gasteiger partial charge >= 0.3 is 0 Å². The molecule has 126 valence electrons. The van der Waals surface area contributed by atoms with Crippen LogP contribution in [0.1, 0.15) is 66.2 Å². The lowest BCUT2D eigenvalue weighted by Gasteiger charge is -2.60. The summed E-state index contributed by atoms with van der Waals surface area (Å²) in [6, 6.07) is 0. The molecule has 3 fully saturated rings. The van der Waals surface area contributed by atoms with Crippen LogP contribution in [0.4, 0.5) is 0 Å². The molecule has 2 nitrogen and oxygen atoms in total. The Bertz CT molecular complexity index is 603. The number of rotatable bonds is 0. The number of carbonyl (C=O) groups is 2. The normalized spacial score (nSPS) is 52.5. The molecule has 3 saturated carbocycles. The van der Waals surface area contributed by atoms with Gasteiger partial charge in [-0.15, -0.1) is 0 Å². The summed E-state index contributed by atoms with van der Waals surface area (Å²) in [6.45, 7) is 9.33. The highest BCUT2D eigenvalue weighted by molar-refractivity contribution is 5.92. The van der Waals surface area contributed by atoms with Gasteiger partial charge in [-0.1, -0.05) is 33.3 Å². The molecular formula is C21H30O2. The Morgan fingerprint density at radius 2 is 1.78 bits per heavy atom. The van der Waals surface area contributed by atoms with Gasteiger partial charge < -0.3 is 0 Å². The fourth-order valence-corrected chi connectivity index (χ4v) is 7.06. The van der Waals surface area contributed by atoms with Gasteiger partial charge in [0.1, 0.15) is 5.78 Å². The molecule has 4 aliphatic carbocycles. The van der Waals surface area contributed by atoms with Crippen molar-refractivity contribution in [2.45, 2.75) is 66.2 Å². The molecule has 4 aliphatic rings. The first-order chi connectivity index (χ1) is 10.8. The molecular weight excluding hydrogens is 284 g/mol. The average Bonchev–Trinajstić information content (AvgIpc) is 2.78. The molecule has 23 heavy (non-hydrogen) atoms. The predicted octanol–water partition coefficient (Wildman–Crippen LogP) is 4.58. The van der Waals surface area contributed by atoms with E-state index in [0.29, 0.717) is 47.6 Å². The number of carbonyl (C=O) groups excluding carboxylic acids is 2. The lowest BCUT2D eigenvalue weighted by atomic mass is 9.43. The van der Waals surface area contributed by atoms with E-state index < -0.39 is 0 Å². The number of fused-ring (bicyclic) bond motifs is 5.